The minimum Gasteiger partial charge on any atom is -0.491 e. The van der Waals surface area contributed by atoms with Crippen LogP contribution in [0.1, 0.15) is 25.3 Å². The molecule has 100 valence electrons. The van der Waals surface area contributed by atoms with Gasteiger partial charge in [0.25, 0.3) is 0 Å². The van der Waals surface area contributed by atoms with Crippen LogP contribution >= 0.6 is 15.9 Å². The smallest absolute Gasteiger partial charge is 0.124 e. The molecule has 3 nitrogen and oxygen atoms in total. The van der Waals surface area contributed by atoms with Crippen molar-refractivity contribution in [2.75, 3.05) is 13.7 Å². The fraction of sp³-hybridized carbons (Fsp3) is 0.571. The summed E-state index contributed by atoms with van der Waals surface area (Å²) < 4.78 is 12.7. The molecular weight excluding hydrogens is 294 g/mol. The molecule has 2 unspecified atom stereocenters. The van der Waals surface area contributed by atoms with Crippen LogP contribution in [0.2, 0.25) is 0 Å². The zero-order chi connectivity index (χ0) is 13.0. The van der Waals surface area contributed by atoms with Crippen LogP contribution in [-0.2, 0) is 11.3 Å². The maximum Gasteiger partial charge on any atom is 0.124 e. The molecule has 2 atom stereocenters. The molecule has 18 heavy (non-hydrogen) atoms. The van der Waals surface area contributed by atoms with E-state index in [9.17, 15) is 0 Å². The molecule has 1 N–H and O–H groups in total. The van der Waals surface area contributed by atoms with Crippen LogP contribution in [0.25, 0.3) is 0 Å². The maximum atomic E-state index is 5.89. The monoisotopic (exact) mass is 313 g/mol. The molecule has 0 radical (unpaired) electrons. The summed E-state index contributed by atoms with van der Waals surface area (Å²) in [6, 6.07) is 6.10. The van der Waals surface area contributed by atoms with E-state index in [1.807, 2.05) is 19.2 Å². The highest BCUT2D eigenvalue weighted by Gasteiger charge is 2.22. The first-order valence-corrected chi connectivity index (χ1v) is 7.19. The number of hydrogen-bond donors (Lipinski definition) is 1. The zero-order valence-corrected chi connectivity index (χ0v) is 12.5. The Morgan fingerprint density at radius 2 is 2.28 bits per heavy atom. The molecule has 2 rings (SSSR count). The molecule has 0 spiro atoms. The Labute approximate surface area is 117 Å². The lowest BCUT2D eigenvalue weighted by molar-refractivity contribution is 0.0262. The Morgan fingerprint density at radius 3 is 2.94 bits per heavy atom. The minimum absolute atomic E-state index is 0.242. The van der Waals surface area contributed by atoms with Crippen molar-refractivity contribution in [2.24, 2.45) is 0 Å². The molecule has 1 aliphatic rings. The molecule has 1 aliphatic heterocycles. The number of halogens is 1. The van der Waals surface area contributed by atoms with Crippen LogP contribution in [0.5, 0.6) is 5.75 Å². The third-order valence-corrected chi connectivity index (χ3v) is 3.63. The van der Waals surface area contributed by atoms with Crippen LogP contribution in [-0.4, -0.2) is 25.9 Å². The van der Waals surface area contributed by atoms with Crippen LogP contribution in [0.4, 0.5) is 0 Å². The second-order valence-electron chi connectivity index (χ2n) is 4.74. The molecule has 0 aromatic heterocycles. The van der Waals surface area contributed by atoms with Gasteiger partial charge in [0, 0.05) is 16.6 Å². The first kappa shape index (κ1) is 13.8. The van der Waals surface area contributed by atoms with E-state index in [0.29, 0.717) is 12.7 Å². The Balaban J connectivity index is 1.95. The molecule has 0 aliphatic carbocycles. The predicted molar refractivity (Wildman–Crippen MR) is 76.0 cm³/mol. The van der Waals surface area contributed by atoms with E-state index in [2.05, 4.69) is 34.2 Å². The average Bonchev–Trinajstić information content (AvgIpc) is 2.75. The number of ether oxygens (including phenoxy) is 2. The summed E-state index contributed by atoms with van der Waals surface area (Å²) in [4.78, 5) is 0. The highest BCUT2D eigenvalue weighted by Crippen LogP contribution is 2.25. The van der Waals surface area contributed by atoms with Gasteiger partial charge >= 0.3 is 0 Å². The molecule has 0 amide bonds. The third-order valence-electron chi connectivity index (χ3n) is 3.13. The van der Waals surface area contributed by atoms with Crippen LogP contribution < -0.4 is 10.1 Å². The van der Waals surface area contributed by atoms with Crippen LogP contribution in [0.3, 0.4) is 0 Å². The van der Waals surface area contributed by atoms with Crippen molar-refractivity contribution < 1.29 is 9.47 Å². The van der Waals surface area contributed by atoms with Gasteiger partial charge in [-0.05, 0) is 45.0 Å². The van der Waals surface area contributed by atoms with Crippen molar-refractivity contribution in [1.29, 1.82) is 0 Å². The van der Waals surface area contributed by atoms with Crippen molar-refractivity contribution >= 4 is 15.9 Å². The van der Waals surface area contributed by atoms with E-state index in [0.717, 1.165) is 35.2 Å². The number of hydrogen-bond acceptors (Lipinski definition) is 3. The summed E-state index contributed by atoms with van der Waals surface area (Å²) in [5, 5.41) is 3.15. The number of rotatable bonds is 5. The van der Waals surface area contributed by atoms with Gasteiger partial charge in [-0.25, -0.2) is 0 Å². The van der Waals surface area contributed by atoms with Crippen molar-refractivity contribution in [2.45, 2.75) is 38.5 Å². The lowest BCUT2D eigenvalue weighted by Gasteiger charge is -2.15. The summed E-state index contributed by atoms with van der Waals surface area (Å²) in [6.45, 7) is 3.56. The van der Waals surface area contributed by atoms with Crippen molar-refractivity contribution in [1.82, 2.24) is 5.32 Å². The van der Waals surface area contributed by atoms with Crippen molar-refractivity contribution in [3.8, 4) is 5.75 Å². The Kier molecular flexibility index (Phi) is 5.03. The molecule has 4 heteroatoms. The second kappa shape index (κ2) is 6.55. The fourth-order valence-corrected chi connectivity index (χ4v) is 2.62. The Hall–Kier alpha value is -0.580. The topological polar surface area (TPSA) is 30.5 Å². The van der Waals surface area contributed by atoms with Gasteiger partial charge in [-0.1, -0.05) is 15.9 Å². The van der Waals surface area contributed by atoms with Gasteiger partial charge in [0.2, 0.25) is 0 Å². The SMILES string of the molecule is CNCc1cc(Br)ccc1OCC1CCC(C)O1. The summed E-state index contributed by atoms with van der Waals surface area (Å²) in [7, 11) is 1.94. The number of benzene rings is 1. The quantitative estimate of drug-likeness (QED) is 0.906. The summed E-state index contributed by atoms with van der Waals surface area (Å²) >= 11 is 3.48. The fourth-order valence-electron chi connectivity index (χ4n) is 2.21. The van der Waals surface area contributed by atoms with Gasteiger partial charge in [0.15, 0.2) is 0 Å². The summed E-state index contributed by atoms with van der Waals surface area (Å²) in [5.41, 5.74) is 1.16. The van der Waals surface area contributed by atoms with Crippen molar-refractivity contribution in [3.05, 3.63) is 28.2 Å². The van der Waals surface area contributed by atoms with E-state index in [1.165, 1.54) is 0 Å². The van der Waals surface area contributed by atoms with Gasteiger partial charge in [0.1, 0.15) is 12.4 Å². The molecule has 1 aromatic carbocycles. The van der Waals surface area contributed by atoms with Crippen molar-refractivity contribution in [3.63, 3.8) is 0 Å². The molecule has 0 saturated carbocycles. The van der Waals surface area contributed by atoms with Crippen LogP contribution in [0, 0.1) is 0 Å². The standard InChI is InChI=1S/C14H20BrNO2/c1-10-3-5-13(18-10)9-17-14-6-4-12(15)7-11(14)8-16-2/h4,6-7,10,13,16H,3,5,8-9H2,1-2H3. The molecule has 1 aromatic rings. The lowest BCUT2D eigenvalue weighted by Crippen LogP contribution is -2.19. The zero-order valence-electron chi connectivity index (χ0n) is 10.9. The highest BCUT2D eigenvalue weighted by molar-refractivity contribution is 9.10. The Morgan fingerprint density at radius 1 is 1.44 bits per heavy atom. The van der Waals surface area contributed by atoms with E-state index in [1.54, 1.807) is 0 Å². The molecule has 1 heterocycles. The highest BCUT2D eigenvalue weighted by atomic mass is 79.9. The molecule has 1 fully saturated rings. The predicted octanol–water partition coefficient (Wildman–Crippen LogP) is 3.11. The maximum absolute atomic E-state index is 5.89. The first-order valence-electron chi connectivity index (χ1n) is 6.40. The first-order chi connectivity index (χ1) is 8.69. The van der Waals surface area contributed by atoms with E-state index < -0.39 is 0 Å². The van der Waals surface area contributed by atoms with Gasteiger partial charge in [0.05, 0.1) is 12.2 Å². The Bertz CT molecular complexity index is 397. The van der Waals surface area contributed by atoms with E-state index >= 15 is 0 Å². The summed E-state index contributed by atoms with van der Waals surface area (Å²) in [6.07, 6.45) is 2.85. The lowest BCUT2D eigenvalue weighted by atomic mass is 10.2. The largest absolute Gasteiger partial charge is 0.491 e. The van der Waals surface area contributed by atoms with E-state index in [4.69, 9.17) is 9.47 Å². The van der Waals surface area contributed by atoms with Gasteiger partial charge < -0.3 is 14.8 Å². The molecule has 1 saturated heterocycles. The molecule has 0 bridgehead atoms. The molecular formula is C14H20BrNO2. The van der Waals surface area contributed by atoms with Gasteiger partial charge in [-0.2, -0.15) is 0 Å². The van der Waals surface area contributed by atoms with Gasteiger partial charge in [-0.3, -0.25) is 0 Å². The normalized spacial score (nSPS) is 23.3. The van der Waals surface area contributed by atoms with Gasteiger partial charge in [-0.15, -0.1) is 0 Å². The number of nitrogens with one attached hydrogen (secondary N) is 1. The third kappa shape index (κ3) is 3.70. The van der Waals surface area contributed by atoms with Crippen LogP contribution in [0.15, 0.2) is 22.7 Å². The summed E-state index contributed by atoms with van der Waals surface area (Å²) in [5.74, 6) is 0.940. The van der Waals surface area contributed by atoms with E-state index in [-0.39, 0.29) is 6.10 Å². The average molecular weight is 314 g/mol. The minimum atomic E-state index is 0.242. The second-order valence-corrected chi connectivity index (χ2v) is 5.66.